The van der Waals surface area contributed by atoms with Crippen LogP contribution in [0.1, 0.15) is 27.2 Å². The molecule has 188 valence electrons. The number of likely N-dealkylation sites (N-methyl/N-ethyl adjacent to an activating group) is 1. The molecule has 1 aliphatic heterocycles. The van der Waals surface area contributed by atoms with Gasteiger partial charge in [0.15, 0.2) is 18.2 Å². The second-order valence-electron chi connectivity index (χ2n) is 9.51. The lowest BCUT2D eigenvalue weighted by Gasteiger charge is -2.30. The van der Waals surface area contributed by atoms with E-state index in [-0.39, 0.29) is 12.3 Å². The molecular weight excluding hydrogens is 440 g/mol. The summed E-state index contributed by atoms with van der Waals surface area (Å²) in [7, 11) is 3.64. The zero-order chi connectivity index (χ0) is 24.7. The molecule has 10 heteroatoms. The number of fused-ring (bicyclic) bond motifs is 1. The van der Waals surface area contributed by atoms with E-state index in [1.165, 1.54) is 18.0 Å². The molecule has 1 unspecified atom stereocenters. The van der Waals surface area contributed by atoms with Gasteiger partial charge < -0.3 is 29.2 Å². The first-order valence-electron chi connectivity index (χ1n) is 11.6. The van der Waals surface area contributed by atoms with Gasteiger partial charge in [-0.05, 0) is 40.3 Å². The number of rotatable bonds is 10. The molecular formula is C24H36N4O6. The van der Waals surface area contributed by atoms with E-state index in [0.717, 1.165) is 26.1 Å². The summed E-state index contributed by atoms with van der Waals surface area (Å²) in [4.78, 5) is 31.5. The number of carbonyl (C=O) groups excluding carboxylic acids is 1. The van der Waals surface area contributed by atoms with Crippen molar-refractivity contribution in [2.45, 2.75) is 40.0 Å². The van der Waals surface area contributed by atoms with Crippen molar-refractivity contribution in [2.75, 3.05) is 53.6 Å². The van der Waals surface area contributed by atoms with Gasteiger partial charge in [-0.2, -0.15) is 0 Å². The quantitative estimate of drug-likeness (QED) is 0.405. The lowest BCUT2D eigenvalue weighted by atomic mass is 9.98. The molecule has 34 heavy (non-hydrogen) atoms. The normalized spacial score (nSPS) is 17.0. The highest BCUT2D eigenvalue weighted by molar-refractivity contribution is 5.81. The topological polar surface area (TPSA) is 104 Å². The number of piperazine rings is 1. The average molecular weight is 477 g/mol. The summed E-state index contributed by atoms with van der Waals surface area (Å²) >= 11 is 0. The number of nitrogens with zero attached hydrogens (tertiary/aromatic N) is 3. The fourth-order valence-corrected chi connectivity index (χ4v) is 3.60. The first-order valence-corrected chi connectivity index (χ1v) is 11.6. The fraction of sp³-hybridized carbons (Fsp3) is 0.625. The Morgan fingerprint density at radius 3 is 2.71 bits per heavy atom. The molecule has 0 bridgehead atoms. The third kappa shape index (κ3) is 6.91. The van der Waals surface area contributed by atoms with Gasteiger partial charge in [0.1, 0.15) is 12.9 Å². The van der Waals surface area contributed by atoms with Crippen LogP contribution in [0.4, 0.5) is 0 Å². The predicted molar refractivity (Wildman–Crippen MR) is 128 cm³/mol. The van der Waals surface area contributed by atoms with Gasteiger partial charge in [-0.25, -0.2) is 4.98 Å². The van der Waals surface area contributed by atoms with Crippen molar-refractivity contribution in [3.8, 4) is 11.5 Å². The highest BCUT2D eigenvalue weighted by atomic mass is 16.5. The molecule has 0 saturated carbocycles. The maximum atomic E-state index is 12.9. The molecule has 0 spiro atoms. The number of aromatic nitrogens is 2. The Hall–Kier alpha value is -2.69. The minimum absolute atomic E-state index is 0.206. The molecule has 1 aromatic heterocycles. The van der Waals surface area contributed by atoms with Gasteiger partial charge in [0.25, 0.3) is 5.56 Å². The molecule has 1 saturated heterocycles. The number of nitrogens with one attached hydrogen (secondary N) is 1. The van der Waals surface area contributed by atoms with Crippen LogP contribution in [0.5, 0.6) is 11.5 Å². The van der Waals surface area contributed by atoms with E-state index in [4.69, 9.17) is 18.9 Å². The smallest absolute Gasteiger partial charge is 0.312 e. The first kappa shape index (κ1) is 25.9. The van der Waals surface area contributed by atoms with E-state index in [1.807, 2.05) is 0 Å². The third-order valence-corrected chi connectivity index (χ3v) is 5.61. The van der Waals surface area contributed by atoms with Crippen LogP contribution < -0.4 is 20.3 Å². The van der Waals surface area contributed by atoms with Crippen LogP contribution in [-0.4, -0.2) is 80.1 Å². The summed E-state index contributed by atoms with van der Waals surface area (Å²) in [6.45, 7) is 9.61. The monoisotopic (exact) mass is 476 g/mol. The van der Waals surface area contributed by atoms with Gasteiger partial charge in [-0.15, -0.1) is 0 Å². The minimum Gasteiger partial charge on any atom is -0.493 e. The number of carbonyl (C=O) groups is 1. The molecule has 1 aromatic carbocycles. The van der Waals surface area contributed by atoms with Gasteiger partial charge >= 0.3 is 5.97 Å². The van der Waals surface area contributed by atoms with E-state index in [0.29, 0.717) is 48.3 Å². The van der Waals surface area contributed by atoms with Crippen molar-refractivity contribution >= 4 is 16.9 Å². The molecule has 1 N–H and O–H groups in total. The lowest BCUT2D eigenvalue weighted by Crippen LogP contribution is -2.49. The Morgan fingerprint density at radius 2 is 2.00 bits per heavy atom. The minimum atomic E-state index is -0.656. The number of benzene rings is 1. The highest BCUT2D eigenvalue weighted by Crippen LogP contribution is 2.30. The van der Waals surface area contributed by atoms with Gasteiger partial charge in [-0.1, -0.05) is 0 Å². The Labute approximate surface area is 200 Å². The Balaban J connectivity index is 1.56. The maximum absolute atomic E-state index is 12.9. The Morgan fingerprint density at radius 1 is 1.21 bits per heavy atom. The molecule has 3 rings (SSSR count). The van der Waals surface area contributed by atoms with Crippen molar-refractivity contribution in [3.63, 3.8) is 0 Å². The van der Waals surface area contributed by atoms with Crippen LogP contribution >= 0.6 is 0 Å². The van der Waals surface area contributed by atoms with Gasteiger partial charge in [0.2, 0.25) is 0 Å². The van der Waals surface area contributed by atoms with Crippen LogP contribution in [0.2, 0.25) is 0 Å². The van der Waals surface area contributed by atoms with Crippen molar-refractivity contribution in [2.24, 2.45) is 5.41 Å². The predicted octanol–water partition coefficient (Wildman–Crippen LogP) is 1.64. The Bertz CT molecular complexity index is 1030. The summed E-state index contributed by atoms with van der Waals surface area (Å²) in [5.41, 5.74) is -0.522. The second kappa shape index (κ2) is 11.6. The van der Waals surface area contributed by atoms with Crippen LogP contribution in [-0.2, 0) is 21.0 Å². The molecule has 1 aliphatic rings. The summed E-state index contributed by atoms with van der Waals surface area (Å²) in [6, 6.07) is 3.71. The molecule has 2 aromatic rings. The number of ether oxygens (including phenoxy) is 4. The summed E-state index contributed by atoms with van der Waals surface area (Å²) in [5, 5.41) is 3.85. The molecule has 0 radical (unpaired) electrons. The van der Waals surface area contributed by atoms with E-state index in [1.54, 1.807) is 32.9 Å². The number of esters is 1. The van der Waals surface area contributed by atoms with Crippen molar-refractivity contribution in [1.29, 1.82) is 0 Å². The van der Waals surface area contributed by atoms with Crippen LogP contribution in [0.3, 0.4) is 0 Å². The highest BCUT2D eigenvalue weighted by Gasteiger charge is 2.23. The van der Waals surface area contributed by atoms with Gasteiger partial charge in [0, 0.05) is 38.3 Å². The lowest BCUT2D eigenvalue weighted by molar-refractivity contribution is -0.157. The number of methoxy groups -OCH3 is 1. The largest absolute Gasteiger partial charge is 0.493 e. The summed E-state index contributed by atoms with van der Waals surface area (Å²) < 4.78 is 23.5. The van der Waals surface area contributed by atoms with E-state index in [9.17, 15) is 9.59 Å². The zero-order valence-electron chi connectivity index (χ0n) is 20.8. The number of hydrogen-bond donors (Lipinski definition) is 1. The van der Waals surface area contributed by atoms with Crippen LogP contribution in [0.25, 0.3) is 10.9 Å². The zero-order valence-corrected chi connectivity index (χ0v) is 20.8. The molecule has 10 nitrogen and oxygen atoms in total. The van der Waals surface area contributed by atoms with Crippen molar-refractivity contribution in [1.82, 2.24) is 19.8 Å². The average Bonchev–Trinajstić information content (AvgIpc) is 2.79. The second-order valence-corrected chi connectivity index (χ2v) is 9.51. The molecule has 2 heterocycles. The van der Waals surface area contributed by atoms with Crippen LogP contribution in [0.15, 0.2) is 23.3 Å². The van der Waals surface area contributed by atoms with E-state index in [2.05, 4.69) is 22.2 Å². The van der Waals surface area contributed by atoms with E-state index < -0.39 is 11.4 Å². The summed E-state index contributed by atoms with van der Waals surface area (Å²) in [6.07, 6.45) is 2.31. The molecule has 1 atom stereocenters. The summed E-state index contributed by atoms with van der Waals surface area (Å²) in [5.74, 6) is 0.508. The van der Waals surface area contributed by atoms with Crippen LogP contribution in [0, 0.1) is 5.41 Å². The van der Waals surface area contributed by atoms with Gasteiger partial charge in [0.05, 0.1) is 30.0 Å². The number of hydrogen-bond acceptors (Lipinski definition) is 9. The van der Waals surface area contributed by atoms with E-state index >= 15 is 0 Å². The van der Waals surface area contributed by atoms with Crippen molar-refractivity contribution in [3.05, 3.63) is 28.8 Å². The fourth-order valence-electron chi connectivity index (χ4n) is 3.60. The van der Waals surface area contributed by atoms with Gasteiger partial charge in [-0.3, -0.25) is 14.2 Å². The first-order chi connectivity index (χ1) is 16.2. The standard InChI is InChI=1S/C24H36N4O6/c1-24(2,3)23(30)34-16-28-15-26-19-13-21(20(31-5)12-18(19)22(28)29)33-11-10-32-9-6-17-14-27(4)8-7-25-17/h12-13,15,17,25H,6-11,14,16H2,1-5H3. The molecule has 1 fully saturated rings. The molecule has 0 amide bonds. The SMILES string of the molecule is COc1cc2c(=O)n(COC(=O)C(C)(C)C)cnc2cc1OCCOCCC1CN(C)CCN1. The molecule has 0 aliphatic carbocycles. The van der Waals surface area contributed by atoms with Crippen molar-refractivity contribution < 1.29 is 23.7 Å². The Kier molecular flexibility index (Phi) is 8.87. The maximum Gasteiger partial charge on any atom is 0.312 e. The third-order valence-electron chi connectivity index (χ3n) is 5.61.